The van der Waals surface area contributed by atoms with E-state index in [0.717, 1.165) is 11.1 Å². The lowest BCUT2D eigenvalue weighted by atomic mass is 10.0. The van der Waals surface area contributed by atoms with Crippen molar-refractivity contribution in [1.29, 1.82) is 0 Å². The lowest BCUT2D eigenvalue weighted by molar-refractivity contribution is 0.102. The topological polar surface area (TPSA) is 38.3 Å². The molecule has 0 saturated carbocycles. The molecule has 0 atom stereocenters. The van der Waals surface area contributed by atoms with E-state index in [-0.39, 0.29) is 5.91 Å². The number of nitrogens with one attached hydrogen (secondary N) is 1. The Labute approximate surface area is 147 Å². The first-order valence-electron chi connectivity index (χ1n) is 8.07. The third-order valence-corrected chi connectivity index (χ3v) is 3.71. The van der Waals surface area contributed by atoms with Gasteiger partial charge in [0.2, 0.25) is 0 Å². The second kappa shape index (κ2) is 7.97. The maximum absolute atomic E-state index is 12.4. The van der Waals surface area contributed by atoms with Gasteiger partial charge >= 0.3 is 0 Å². The summed E-state index contributed by atoms with van der Waals surface area (Å²) < 4.78 is 5.48. The van der Waals surface area contributed by atoms with E-state index in [1.807, 2.05) is 72.8 Å². The molecular weight excluding hydrogens is 310 g/mol. The van der Waals surface area contributed by atoms with Crippen molar-refractivity contribution in [3.8, 4) is 16.9 Å². The fraction of sp³-hybridized carbons (Fsp3) is 0.0455. The van der Waals surface area contributed by atoms with Crippen LogP contribution in [0.2, 0.25) is 0 Å². The molecule has 124 valence electrons. The predicted octanol–water partition coefficient (Wildman–Crippen LogP) is 5.17. The minimum atomic E-state index is -0.152. The van der Waals surface area contributed by atoms with E-state index in [2.05, 4.69) is 11.9 Å². The van der Waals surface area contributed by atoms with Crippen molar-refractivity contribution in [2.24, 2.45) is 0 Å². The van der Waals surface area contributed by atoms with Crippen LogP contribution in [0.3, 0.4) is 0 Å². The van der Waals surface area contributed by atoms with Crippen molar-refractivity contribution in [1.82, 2.24) is 0 Å². The predicted molar refractivity (Wildman–Crippen MR) is 102 cm³/mol. The Morgan fingerprint density at radius 1 is 0.920 bits per heavy atom. The zero-order valence-corrected chi connectivity index (χ0v) is 13.8. The van der Waals surface area contributed by atoms with E-state index in [4.69, 9.17) is 4.74 Å². The molecule has 0 fully saturated rings. The molecule has 0 saturated heterocycles. The highest BCUT2D eigenvalue weighted by Gasteiger charge is 2.07. The van der Waals surface area contributed by atoms with Gasteiger partial charge in [0.15, 0.2) is 0 Å². The molecule has 25 heavy (non-hydrogen) atoms. The van der Waals surface area contributed by atoms with Crippen molar-refractivity contribution in [3.63, 3.8) is 0 Å². The zero-order chi connectivity index (χ0) is 17.5. The Morgan fingerprint density at radius 3 is 2.36 bits per heavy atom. The average molecular weight is 329 g/mol. The number of carbonyl (C=O) groups excluding carboxylic acids is 1. The van der Waals surface area contributed by atoms with E-state index in [1.54, 1.807) is 12.1 Å². The summed E-state index contributed by atoms with van der Waals surface area (Å²) >= 11 is 0. The first-order valence-corrected chi connectivity index (χ1v) is 8.07. The number of benzene rings is 3. The van der Waals surface area contributed by atoms with E-state index < -0.39 is 0 Å². The molecule has 0 aromatic heterocycles. The van der Waals surface area contributed by atoms with Crippen LogP contribution in [0.15, 0.2) is 91.5 Å². The van der Waals surface area contributed by atoms with Gasteiger partial charge in [0.1, 0.15) is 12.4 Å². The summed E-state index contributed by atoms with van der Waals surface area (Å²) in [6.45, 7) is 4.05. The maximum Gasteiger partial charge on any atom is 0.255 e. The van der Waals surface area contributed by atoms with Crippen LogP contribution in [0.1, 0.15) is 10.4 Å². The normalized spacial score (nSPS) is 10.1. The fourth-order valence-electron chi connectivity index (χ4n) is 2.47. The van der Waals surface area contributed by atoms with Crippen molar-refractivity contribution in [3.05, 3.63) is 97.1 Å². The highest BCUT2D eigenvalue weighted by molar-refractivity contribution is 6.04. The molecule has 3 rings (SSSR count). The van der Waals surface area contributed by atoms with Crippen LogP contribution in [0.25, 0.3) is 11.1 Å². The highest BCUT2D eigenvalue weighted by atomic mass is 16.5. The third-order valence-electron chi connectivity index (χ3n) is 3.71. The number of anilines is 1. The lowest BCUT2D eigenvalue weighted by Gasteiger charge is -2.09. The van der Waals surface area contributed by atoms with Gasteiger partial charge in [-0.15, -0.1) is 0 Å². The van der Waals surface area contributed by atoms with E-state index in [1.165, 1.54) is 0 Å². The SMILES string of the molecule is C=CCOc1cccc(NC(=O)c2ccc(-c3ccccc3)cc2)c1. The fourth-order valence-corrected chi connectivity index (χ4v) is 2.47. The summed E-state index contributed by atoms with van der Waals surface area (Å²) in [7, 11) is 0. The number of rotatable bonds is 6. The standard InChI is InChI=1S/C22H19NO2/c1-2-15-25-21-10-6-9-20(16-21)23-22(24)19-13-11-18(12-14-19)17-7-4-3-5-8-17/h2-14,16H,1,15H2,(H,23,24). The molecule has 0 unspecified atom stereocenters. The molecule has 0 radical (unpaired) electrons. The second-order valence-electron chi connectivity index (χ2n) is 5.53. The summed E-state index contributed by atoms with van der Waals surface area (Å²) in [4.78, 5) is 12.4. The van der Waals surface area contributed by atoms with Crippen molar-refractivity contribution >= 4 is 11.6 Å². The summed E-state index contributed by atoms with van der Waals surface area (Å²) in [5.74, 6) is 0.539. The van der Waals surface area contributed by atoms with Crippen molar-refractivity contribution in [2.45, 2.75) is 0 Å². The molecule has 3 nitrogen and oxygen atoms in total. The van der Waals surface area contributed by atoms with Gasteiger partial charge in [0.25, 0.3) is 5.91 Å². The van der Waals surface area contributed by atoms with Crippen LogP contribution in [0, 0.1) is 0 Å². The molecule has 0 bridgehead atoms. The lowest BCUT2D eigenvalue weighted by Crippen LogP contribution is -2.11. The van der Waals surface area contributed by atoms with Crippen molar-refractivity contribution < 1.29 is 9.53 Å². The first-order chi connectivity index (χ1) is 12.3. The molecule has 3 aromatic rings. The molecule has 0 aliphatic rings. The smallest absolute Gasteiger partial charge is 0.255 e. The Hall–Kier alpha value is -3.33. The second-order valence-corrected chi connectivity index (χ2v) is 5.53. The summed E-state index contributed by atoms with van der Waals surface area (Å²) in [5, 5.41) is 2.89. The summed E-state index contributed by atoms with van der Waals surface area (Å²) in [6.07, 6.45) is 1.68. The third kappa shape index (κ3) is 4.36. The molecule has 3 aromatic carbocycles. The first kappa shape index (κ1) is 16.5. The van der Waals surface area contributed by atoms with Crippen LogP contribution in [0.4, 0.5) is 5.69 Å². The van der Waals surface area contributed by atoms with E-state index in [0.29, 0.717) is 23.6 Å². The molecule has 1 N–H and O–H groups in total. The molecule has 0 aliphatic heterocycles. The Morgan fingerprint density at radius 2 is 1.64 bits per heavy atom. The minimum absolute atomic E-state index is 0.152. The monoisotopic (exact) mass is 329 g/mol. The number of amides is 1. The highest BCUT2D eigenvalue weighted by Crippen LogP contribution is 2.21. The molecule has 3 heteroatoms. The Balaban J connectivity index is 1.70. The Kier molecular flexibility index (Phi) is 5.27. The number of hydrogen-bond acceptors (Lipinski definition) is 2. The van der Waals surface area contributed by atoms with Crippen LogP contribution in [0.5, 0.6) is 5.75 Å². The molecule has 0 spiro atoms. The largest absolute Gasteiger partial charge is 0.489 e. The number of carbonyl (C=O) groups is 1. The van der Waals surface area contributed by atoms with Crippen LogP contribution >= 0.6 is 0 Å². The quantitative estimate of drug-likeness (QED) is 0.634. The zero-order valence-electron chi connectivity index (χ0n) is 13.8. The maximum atomic E-state index is 12.4. The molecular formula is C22H19NO2. The van der Waals surface area contributed by atoms with Gasteiger partial charge in [0.05, 0.1) is 0 Å². The van der Waals surface area contributed by atoms with Gasteiger partial charge in [-0.1, -0.05) is 61.2 Å². The molecule has 0 aliphatic carbocycles. The van der Waals surface area contributed by atoms with Crippen molar-refractivity contribution in [2.75, 3.05) is 11.9 Å². The number of hydrogen-bond donors (Lipinski definition) is 1. The van der Waals surface area contributed by atoms with Gasteiger partial charge in [-0.3, -0.25) is 4.79 Å². The van der Waals surface area contributed by atoms with Crippen LogP contribution < -0.4 is 10.1 Å². The van der Waals surface area contributed by atoms with Gasteiger partial charge in [-0.05, 0) is 35.4 Å². The van der Waals surface area contributed by atoms with E-state index in [9.17, 15) is 4.79 Å². The minimum Gasteiger partial charge on any atom is -0.489 e. The average Bonchev–Trinajstić information content (AvgIpc) is 2.67. The molecule has 1 amide bonds. The van der Waals surface area contributed by atoms with Gasteiger partial charge < -0.3 is 10.1 Å². The van der Waals surface area contributed by atoms with Crippen LogP contribution in [-0.4, -0.2) is 12.5 Å². The summed E-state index contributed by atoms with van der Waals surface area (Å²) in [5.41, 5.74) is 3.51. The van der Waals surface area contributed by atoms with E-state index >= 15 is 0 Å². The Bertz CT molecular complexity index is 855. The van der Waals surface area contributed by atoms with Gasteiger partial charge in [0, 0.05) is 17.3 Å². The molecule has 0 heterocycles. The van der Waals surface area contributed by atoms with Gasteiger partial charge in [-0.2, -0.15) is 0 Å². The number of ether oxygens (including phenoxy) is 1. The van der Waals surface area contributed by atoms with Gasteiger partial charge in [-0.25, -0.2) is 0 Å². The summed E-state index contributed by atoms with van der Waals surface area (Å²) in [6, 6.07) is 24.9. The van der Waals surface area contributed by atoms with Crippen LogP contribution in [-0.2, 0) is 0 Å².